The van der Waals surface area contributed by atoms with Crippen LogP contribution < -0.4 is 0 Å². The number of hydrogen-bond donors (Lipinski definition) is 2. The minimum absolute atomic E-state index is 0.0693. The smallest absolute Gasteiger partial charge is 0.303 e. The van der Waals surface area contributed by atoms with E-state index in [4.69, 9.17) is 5.11 Å². The van der Waals surface area contributed by atoms with Gasteiger partial charge in [-0.2, -0.15) is 0 Å². The standard InChI is InChI=1S/C10H11FO3/c1-6(4-10(13)14)8-5-7(11)2-3-9(8)12/h2-3,5-6,12H,4H2,1H3,(H,13,14). The van der Waals surface area contributed by atoms with E-state index in [-0.39, 0.29) is 12.2 Å². The highest BCUT2D eigenvalue weighted by Gasteiger charge is 2.14. The lowest BCUT2D eigenvalue weighted by Gasteiger charge is -2.10. The summed E-state index contributed by atoms with van der Waals surface area (Å²) in [4.78, 5) is 10.4. The van der Waals surface area contributed by atoms with Crippen molar-refractivity contribution >= 4 is 5.97 Å². The number of carboxylic acids is 1. The van der Waals surface area contributed by atoms with Crippen LogP contribution in [0.3, 0.4) is 0 Å². The van der Waals surface area contributed by atoms with Gasteiger partial charge in [0, 0.05) is 5.56 Å². The molecule has 76 valence electrons. The van der Waals surface area contributed by atoms with E-state index in [1.165, 1.54) is 6.07 Å². The van der Waals surface area contributed by atoms with Gasteiger partial charge in [0.05, 0.1) is 6.42 Å². The van der Waals surface area contributed by atoms with Gasteiger partial charge in [-0.25, -0.2) is 4.39 Å². The highest BCUT2D eigenvalue weighted by molar-refractivity contribution is 5.68. The minimum atomic E-state index is -0.971. The molecule has 1 aromatic carbocycles. The lowest BCUT2D eigenvalue weighted by atomic mass is 9.97. The van der Waals surface area contributed by atoms with Crippen molar-refractivity contribution in [1.82, 2.24) is 0 Å². The summed E-state index contributed by atoms with van der Waals surface area (Å²) in [5.41, 5.74) is 0.326. The maximum atomic E-state index is 12.8. The van der Waals surface area contributed by atoms with Crippen LogP contribution in [0.25, 0.3) is 0 Å². The number of halogens is 1. The summed E-state index contributed by atoms with van der Waals surface area (Å²) in [5, 5.41) is 17.9. The molecule has 0 saturated heterocycles. The molecule has 1 unspecified atom stereocenters. The average molecular weight is 198 g/mol. The Morgan fingerprint density at radius 3 is 2.79 bits per heavy atom. The molecule has 0 fully saturated rings. The van der Waals surface area contributed by atoms with Gasteiger partial charge in [0.25, 0.3) is 0 Å². The van der Waals surface area contributed by atoms with Crippen molar-refractivity contribution in [3.05, 3.63) is 29.6 Å². The molecule has 4 heteroatoms. The molecule has 0 aliphatic rings. The number of phenolic OH excluding ortho intramolecular Hbond substituents is 1. The zero-order valence-corrected chi connectivity index (χ0v) is 7.70. The van der Waals surface area contributed by atoms with E-state index in [9.17, 15) is 14.3 Å². The summed E-state index contributed by atoms with van der Waals surface area (Å²) in [5.74, 6) is -1.92. The van der Waals surface area contributed by atoms with Gasteiger partial charge in [0.1, 0.15) is 11.6 Å². The number of benzene rings is 1. The lowest BCUT2D eigenvalue weighted by Crippen LogP contribution is -2.03. The van der Waals surface area contributed by atoms with E-state index in [0.29, 0.717) is 5.56 Å². The van der Waals surface area contributed by atoms with E-state index in [0.717, 1.165) is 12.1 Å². The summed E-state index contributed by atoms with van der Waals surface area (Å²) >= 11 is 0. The monoisotopic (exact) mass is 198 g/mol. The van der Waals surface area contributed by atoms with Crippen molar-refractivity contribution in [3.63, 3.8) is 0 Å². The Balaban J connectivity index is 2.93. The third kappa shape index (κ3) is 2.45. The third-order valence-corrected chi connectivity index (χ3v) is 2.00. The molecule has 0 aromatic heterocycles. The molecule has 0 bridgehead atoms. The van der Waals surface area contributed by atoms with Crippen LogP contribution in [0.2, 0.25) is 0 Å². The second-order valence-electron chi connectivity index (χ2n) is 3.20. The highest BCUT2D eigenvalue weighted by atomic mass is 19.1. The normalized spacial score (nSPS) is 12.4. The van der Waals surface area contributed by atoms with Crippen molar-refractivity contribution < 1.29 is 19.4 Å². The van der Waals surface area contributed by atoms with Gasteiger partial charge in [-0.15, -0.1) is 0 Å². The Bertz CT molecular complexity index is 349. The first-order chi connectivity index (χ1) is 6.50. The lowest BCUT2D eigenvalue weighted by molar-refractivity contribution is -0.137. The van der Waals surface area contributed by atoms with Gasteiger partial charge in [-0.3, -0.25) is 4.79 Å². The van der Waals surface area contributed by atoms with Gasteiger partial charge < -0.3 is 10.2 Å². The van der Waals surface area contributed by atoms with E-state index < -0.39 is 17.7 Å². The van der Waals surface area contributed by atoms with E-state index in [1.54, 1.807) is 6.92 Å². The quantitative estimate of drug-likeness (QED) is 0.782. The van der Waals surface area contributed by atoms with Crippen molar-refractivity contribution in [2.75, 3.05) is 0 Å². The van der Waals surface area contributed by atoms with Crippen LogP contribution in [0.4, 0.5) is 4.39 Å². The van der Waals surface area contributed by atoms with E-state index in [1.807, 2.05) is 0 Å². The summed E-state index contributed by atoms with van der Waals surface area (Å²) in [6, 6.07) is 3.51. The number of phenols is 1. The van der Waals surface area contributed by atoms with E-state index >= 15 is 0 Å². The van der Waals surface area contributed by atoms with Crippen LogP contribution in [0.15, 0.2) is 18.2 Å². The van der Waals surface area contributed by atoms with Crippen LogP contribution in [0.5, 0.6) is 5.75 Å². The molecular formula is C10H11FO3. The molecule has 1 atom stereocenters. The molecule has 1 rings (SSSR count). The molecule has 0 aliphatic carbocycles. The fourth-order valence-electron chi connectivity index (χ4n) is 1.29. The van der Waals surface area contributed by atoms with Crippen molar-refractivity contribution in [1.29, 1.82) is 0 Å². The number of aromatic hydroxyl groups is 1. The molecule has 0 radical (unpaired) electrons. The molecular weight excluding hydrogens is 187 g/mol. The molecule has 0 amide bonds. The largest absolute Gasteiger partial charge is 0.508 e. The maximum Gasteiger partial charge on any atom is 0.303 e. The van der Waals surface area contributed by atoms with Gasteiger partial charge >= 0.3 is 5.97 Å². The third-order valence-electron chi connectivity index (χ3n) is 2.00. The molecule has 0 aliphatic heterocycles. The first kappa shape index (κ1) is 10.5. The van der Waals surface area contributed by atoms with E-state index in [2.05, 4.69) is 0 Å². The highest BCUT2D eigenvalue weighted by Crippen LogP contribution is 2.28. The zero-order chi connectivity index (χ0) is 10.7. The number of carboxylic acid groups (broad SMARTS) is 1. The first-order valence-corrected chi connectivity index (χ1v) is 4.21. The summed E-state index contributed by atoms with van der Waals surface area (Å²) in [6.07, 6.45) is -0.128. The number of carbonyl (C=O) groups is 1. The molecule has 14 heavy (non-hydrogen) atoms. The molecule has 0 heterocycles. The fourth-order valence-corrected chi connectivity index (χ4v) is 1.29. The van der Waals surface area contributed by atoms with Crippen LogP contribution in [0, 0.1) is 5.82 Å². The Morgan fingerprint density at radius 1 is 1.57 bits per heavy atom. The van der Waals surface area contributed by atoms with Crippen LogP contribution >= 0.6 is 0 Å². The van der Waals surface area contributed by atoms with Gasteiger partial charge in [0.2, 0.25) is 0 Å². The summed E-state index contributed by atoms with van der Waals surface area (Å²) in [6.45, 7) is 1.63. The van der Waals surface area contributed by atoms with Crippen molar-refractivity contribution in [3.8, 4) is 5.75 Å². The SMILES string of the molecule is CC(CC(=O)O)c1cc(F)ccc1O. The minimum Gasteiger partial charge on any atom is -0.508 e. The topological polar surface area (TPSA) is 57.5 Å². The summed E-state index contributed by atoms with van der Waals surface area (Å²) < 4.78 is 12.8. The second kappa shape index (κ2) is 4.09. The molecule has 0 saturated carbocycles. The Morgan fingerprint density at radius 2 is 2.21 bits per heavy atom. The van der Waals surface area contributed by atoms with Crippen molar-refractivity contribution in [2.24, 2.45) is 0 Å². The molecule has 0 spiro atoms. The van der Waals surface area contributed by atoms with Crippen LogP contribution in [-0.4, -0.2) is 16.2 Å². The van der Waals surface area contributed by atoms with Crippen molar-refractivity contribution in [2.45, 2.75) is 19.3 Å². The van der Waals surface area contributed by atoms with Crippen LogP contribution in [0.1, 0.15) is 24.8 Å². The Kier molecular flexibility index (Phi) is 3.06. The zero-order valence-electron chi connectivity index (χ0n) is 7.70. The molecule has 2 N–H and O–H groups in total. The Labute approximate surface area is 80.8 Å². The fraction of sp³-hybridized carbons (Fsp3) is 0.300. The van der Waals surface area contributed by atoms with Gasteiger partial charge in [-0.05, 0) is 24.1 Å². The molecule has 3 nitrogen and oxygen atoms in total. The summed E-state index contributed by atoms with van der Waals surface area (Å²) in [7, 11) is 0. The predicted octanol–water partition coefficient (Wildman–Crippen LogP) is 2.11. The maximum absolute atomic E-state index is 12.8. The number of rotatable bonds is 3. The Hall–Kier alpha value is -1.58. The predicted molar refractivity (Wildman–Crippen MR) is 48.7 cm³/mol. The average Bonchev–Trinajstić information content (AvgIpc) is 2.08. The number of aliphatic carboxylic acids is 1. The second-order valence-corrected chi connectivity index (χ2v) is 3.20. The van der Waals surface area contributed by atoms with Gasteiger partial charge in [0.15, 0.2) is 0 Å². The van der Waals surface area contributed by atoms with Gasteiger partial charge in [-0.1, -0.05) is 6.92 Å². The van der Waals surface area contributed by atoms with Crippen LogP contribution in [-0.2, 0) is 4.79 Å². The molecule has 1 aromatic rings. The first-order valence-electron chi connectivity index (χ1n) is 4.21. The number of hydrogen-bond acceptors (Lipinski definition) is 2.